The van der Waals surface area contributed by atoms with Crippen molar-refractivity contribution >= 4 is 11.5 Å². The van der Waals surface area contributed by atoms with Crippen LogP contribution in [0, 0.1) is 17.8 Å². The first kappa shape index (κ1) is 15.4. The standard InChI is InChI=1S/C20H24N2O4/c1-3-10-6-11-7-14-17(10)21-9-16(26-19(11)21)22-15-5-4-12(25-2)8-13(15)18(23)20(14,22)24/h4-5,8,10-11,14,16-17,19,24H,3,6-7,9H2,1-2H3/t10-,11+,14+,16-,17-,19-,20+/m0/s1. The van der Waals surface area contributed by atoms with Gasteiger partial charge in [-0.05, 0) is 42.9 Å². The van der Waals surface area contributed by atoms with E-state index in [1.165, 1.54) is 0 Å². The molecular formula is C20H24N2O4. The van der Waals surface area contributed by atoms with Gasteiger partial charge < -0.3 is 19.5 Å². The number of aliphatic hydroxyl groups is 1. The van der Waals surface area contributed by atoms with E-state index in [4.69, 9.17) is 9.47 Å². The molecule has 6 nitrogen and oxygen atoms in total. The van der Waals surface area contributed by atoms with E-state index in [-0.39, 0.29) is 30.2 Å². The lowest BCUT2D eigenvalue weighted by Gasteiger charge is -2.59. The Bertz CT molecular complexity index is 813. The Balaban J connectivity index is 1.55. The van der Waals surface area contributed by atoms with Gasteiger partial charge in [0.2, 0.25) is 11.5 Å². The van der Waals surface area contributed by atoms with Crippen LogP contribution in [0.15, 0.2) is 18.2 Å². The van der Waals surface area contributed by atoms with Gasteiger partial charge in [0.25, 0.3) is 0 Å². The van der Waals surface area contributed by atoms with Gasteiger partial charge in [-0.3, -0.25) is 9.69 Å². The van der Waals surface area contributed by atoms with Crippen LogP contribution in [0.1, 0.15) is 36.5 Å². The first-order valence-corrected chi connectivity index (χ1v) is 9.73. The van der Waals surface area contributed by atoms with Gasteiger partial charge in [-0.2, -0.15) is 0 Å². The summed E-state index contributed by atoms with van der Waals surface area (Å²) >= 11 is 0. The Hall–Kier alpha value is -1.63. The zero-order valence-corrected chi connectivity index (χ0v) is 15.1. The highest BCUT2D eigenvalue weighted by atomic mass is 16.5. The summed E-state index contributed by atoms with van der Waals surface area (Å²) in [5.41, 5.74) is -0.166. The topological polar surface area (TPSA) is 62.2 Å². The number of Topliss-reactive ketones (excluding diaryl/α,β-unsaturated/α-hetero) is 1. The van der Waals surface area contributed by atoms with E-state index in [2.05, 4.69) is 11.8 Å². The zero-order valence-electron chi connectivity index (χ0n) is 15.1. The number of rotatable bonds is 2. The van der Waals surface area contributed by atoms with Crippen LogP contribution in [0.3, 0.4) is 0 Å². The molecule has 26 heavy (non-hydrogen) atoms. The Morgan fingerprint density at radius 2 is 2.23 bits per heavy atom. The molecule has 7 rings (SSSR count). The van der Waals surface area contributed by atoms with Gasteiger partial charge in [-0.15, -0.1) is 0 Å². The van der Waals surface area contributed by atoms with Crippen LogP contribution in [-0.2, 0) is 4.74 Å². The second-order valence-electron chi connectivity index (χ2n) is 8.48. The number of hydrogen-bond acceptors (Lipinski definition) is 6. The molecule has 138 valence electrons. The number of carbonyl (C=O) groups excluding carboxylic acids is 1. The molecule has 0 aromatic heterocycles. The van der Waals surface area contributed by atoms with Crippen LogP contribution < -0.4 is 9.64 Å². The van der Waals surface area contributed by atoms with Crippen molar-refractivity contribution in [3.63, 3.8) is 0 Å². The van der Waals surface area contributed by atoms with Crippen LogP contribution >= 0.6 is 0 Å². The van der Waals surface area contributed by atoms with E-state index >= 15 is 0 Å². The molecule has 1 aliphatic carbocycles. The SMILES string of the molecule is CC[C@H]1C[C@@H]2C[C@@H]3[C@H]1N1C[C@H](O[C@@H]21)N1c2ccc(OC)cc2C(=O)[C@]31O. The number of fused-ring (bicyclic) bond motifs is 6. The number of hydrogen-bond donors (Lipinski definition) is 1. The largest absolute Gasteiger partial charge is 0.497 e. The lowest BCUT2D eigenvalue weighted by Crippen LogP contribution is -2.70. The molecule has 5 aliphatic heterocycles. The molecule has 6 aliphatic rings. The van der Waals surface area contributed by atoms with Crippen molar-refractivity contribution in [3.8, 4) is 5.75 Å². The maximum absolute atomic E-state index is 13.5. The van der Waals surface area contributed by atoms with E-state index in [1.54, 1.807) is 13.2 Å². The van der Waals surface area contributed by atoms with Crippen LogP contribution in [0.25, 0.3) is 0 Å². The summed E-state index contributed by atoms with van der Waals surface area (Å²) in [4.78, 5) is 17.8. The first-order chi connectivity index (χ1) is 12.6. The van der Waals surface area contributed by atoms with Gasteiger partial charge in [0.05, 0.1) is 12.8 Å². The van der Waals surface area contributed by atoms with Gasteiger partial charge in [-0.1, -0.05) is 13.3 Å². The highest BCUT2D eigenvalue weighted by Crippen LogP contribution is 2.59. The number of piperidine rings is 2. The normalized spacial score (nSPS) is 47.1. The van der Waals surface area contributed by atoms with E-state index < -0.39 is 5.72 Å². The third-order valence-corrected chi connectivity index (χ3v) is 7.57. The highest BCUT2D eigenvalue weighted by Gasteiger charge is 2.70. The van der Waals surface area contributed by atoms with E-state index in [1.807, 2.05) is 17.0 Å². The maximum Gasteiger partial charge on any atom is 0.217 e. The smallest absolute Gasteiger partial charge is 0.217 e. The molecule has 1 N–H and O–H groups in total. The van der Waals surface area contributed by atoms with Crippen molar-refractivity contribution in [3.05, 3.63) is 23.8 Å². The molecule has 0 spiro atoms. The summed E-state index contributed by atoms with van der Waals surface area (Å²) in [6.45, 7) is 2.99. The number of methoxy groups -OCH3 is 1. The van der Waals surface area contributed by atoms with Gasteiger partial charge in [0, 0.05) is 24.1 Å². The van der Waals surface area contributed by atoms with Crippen molar-refractivity contribution < 1.29 is 19.4 Å². The fraction of sp³-hybridized carbons (Fsp3) is 0.650. The van der Waals surface area contributed by atoms with E-state index in [9.17, 15) is 9.90 Å². The molecule has 1 aromatic rings. The molecule has 1 aromatic carbocycles. The molecule has 5 fully saturated rings. The van der Waals surface area contributed by atoms with Crippen LogP contribution in [0.5, 0.6) is 5.75 Å². The molecule has 5 bridgehead atoms. The zero-order chi connectivity index (χ0) is 17.8. The minimum atomic E-state index is -1.50. The maximum atomic E-state index is 13.5. The summed E-state index contributed by atoms with van der Waals surface area (Å²) in [6.07, 6.45) is 2.96. The average molecular weight is 356 g/mol. The Morgan fingerprint density at radius 1 is 1.38 bits per heavy atom. The summed E-state index contributed by atoms with van der Waals surface area (Å²) in [5, 5.41) is 11.9. The number of benzene rings is 1. The number of carbonyl (C=O) groups is 1. The molecule has 4 saturated heterocycles. The molecular weight excluding hydrogens is 332 g/mol. The molecule has 1 saturated carbocycles. The van der Waals surface area contributed by atoms with Crippen LogP contribution in [-0.4, -0.2) is 53.7 Å². The Labute approximate surface area is 152 Å². The fourth-order valence-corrected chi connectivity index (χ4v) is 6.59. The van der Waals surface area contributed by atoms with Crippen LogP contribution in [0.2, 0.25) is 0 Å². The minimum absolute atomic E-state index is 0.0674. The number of nitrogens with zero attached hydrogens (tertiary/aromatic N) is 2. The van der Waals surface area contributed by atoms with Crippen molar-refractivity contribution in [1.29, 1.82) is 0 Å². The van der Waals surface area contributed by atoms with Crippen molar-refractivity contribution in [2.24, 2.45) is 17.8 Å². The molecule has 1 unspecified atom stereocenters. The Kier molecular flexibility index (Phi) is 2.85. The summed E-state index contributed by atoms with van der Waals surface area (Å²) in [5.74, 6) is 1.32. The molecule has 6 heteroatoms. The molecule has 0 radical (unpaired) electrons. The van der Waals surface area contributed by atoms with Crippen molar-refractivity contribution in [2.75, 3.05) is 18.6 Å². The average Bonchev–Trinajstić information content (AvgIpc) is 3.18. The van der Waals surface area contributed by atoms with E-state index in [0.29, 0.717) is 23.1 Å². The Morgan fingerprint density at radius 3 is 3.00 bits per heavy atom. The van der Waals surface area contributed by atoms with Gasteiger partial charge in [0.15, 0.2) is 0 Å². The van der Waals surface area contributed by atoms with Crippen molar-refractivity contribution in [1.82, 2.24) is 4.90 Å². The molecule has 5 heterocycles. The lowest BCUT2D eigenvalue weighted by atomic mass is 9.62. The molecule has 0 amide bonds. The van der Waals surface area contributed by atoms with Crippen LogP contribution in [0.4, 0.5) is 5.69 Å². The number of ether oxygens (including phenoxy) is 2. The number of ketones is 1. The van der Waals surface area contributed by atoms with E-state index in [0.717, 1.165) is 31.5 Å². The van der Waals surface area contributed by atoms with Gasteiger partial charge >= 0.3 is 0 Å². The first-order valence-electron chi connectivity index (χ1n) is 9.73. The van der Waals surface area contributed by atoms with Gasteiger partial charge in [0.1, 0.15) is 18.2 Å². The summed E-state index contributed by atoms with van der Waals surface area (Å²) in [7, 11) is 1.60. The minimum Gasteiger partial charge on any atom is -0.497 e. The van der Waals surface area contributed by atoms with Gasteiger partial charge in [-0.25, -0.2) is 0 Å². The third-order valence-electron chi connectivity index (χ3n) is 7.57. The third kappa shape index (κ3) is 1.54. The predicted octanol–water partition coefficient (Wildman–Crippen LogP) is 1.82. The second-order valence-corrected chi connectivity index (χ2v) is 8.48. The van der Waals surface area contributed by atoms with Crippen molar-refractivity contribution in [2.45, 2.75) is 50.4 Å². The fourth-order valence-electron chi connectivity index (χ4n) is 6.59. The molecule has 8 atom stereocenters. The highest BCUT2D eigenvalue weighted by molar-refractivity contribution is 6.13. The quantitative estimate of drug-likeness (QED) is 0.872. The monoisotopic (exact) mass is 356 g/mol. The number of anilines is 1. The lowest BCUT2D eigenvalue weighted by molar-refractivity contribution is -0.201. The summed E-state index contributed by atoms with van der Waals surface area (Å²) in [6, 6.07) is 5.73. The summed E-state index contributed by atoms with van der Waals surface area (Å²) < 4.78 is 11.7. The predicted molar refractivity (Wildman–Crippen MR) is 93.9 cm³/mol. The second kappa shape index (κ2) is 4.80.